The molecule has 0 radical (unpaired) electrons. The van der Waals surface area contributed by atoms with Gasteiger partial charge in [0.1, 0.15) is 0 Å². The molecule has 0 aliphatic carbocycles. The highest BCUT2D eigenvalue weighted by Gasteiger charge is 2.37. The molecule has 0 bridgehead atoms. The van der Waals surface area contributed by atoms with E-state index < -0.39 is 0 Å². The molecule has 0 aromatic rings. The van der Waals surface area contributed by atoms with Gasteiger partial charge in [0.25, 0.3) is 0 Å². The van der Waals surface area contributed by atoms with Crippen molar-refractivity contribution in [2.45, 2.75) is 32.9 Å². The van der Waals surface area contributed by atoms with Crippen LogP contribution in [0.15, 0.2) is 0 Å². The van der Waals surface area contributed by atoms with Crippen LogP contribution in [-0.4, -0.2) is 67.7 Å². The number of hydrogen-bond donors (Lipinski definition) is 2. The summed E-state index contributed by atoms with van der Waals surface area (Å²) in [5, 5.41) is 6.49. The lowest BCUT2D eigenvalue weighted by atomic mass is 9.87. The van der Waals surface area contributed by atoms with Gasteiger partial charge in [0.05, 0.1) is 6.04 Å². The summed E-state index contributed by atoms with van der Waals surface area (Å²) in [7, 11) is 2.14. The Balaban J connectivity index is 1.92. The topological polar surface area (TPSA) is 47.6 Å². The summed E-state index contributed by atoms with van der Waals surface area (Å²) >= 11 is 0. The number of likely N-dealkylation sites (N-methyl/N-ethyl adjacent to an activating group) is 1. The second-order valence-electron chi connectivity index (χ2n) is 6.61. The highest BCUT2D eigenvalue weighted by Crippen LogP contribution is 2.24. The highest BCUT2D eigenvalue weighted by molar-refractivity contribution is 5.77. The summed E-state index contributed by atoms with van der Waals surface area (Å²) in [5.74, 6) is 0. The van der Waals surface area contributed by atoms with Crippen LogP contribution in [0.4, 0.5) is 4.79 Å². The zero-order chi connectivity index (χ0) is 13.3. The van der Waals surface area contributed by atoms with Crippen molar-refractivity contribution in [1.29, 1.82) is 0 Å². The van der Waals surface area contributed by atoms with E-state index in [1.807, 2.05) is 4.90 Å². The van der Waals surface area contributed by atoms with Gasteiger partial charge in [0.2, 0.25) is 0 Å². The van der Waals surface area contributed by atoms with Crippen LogP contribution < -0.4 is 10.6 Å². The van der Waals surface area contributed by atoms with E-state index in [-0.39, 0.29) is 17.5 Å². The summed E-state index contributed by atoms with van der Waals surface area (Å²) in [4.78, 5) is 16.3. The molecule has 2 heterocycles. The zero-order valence-electron chi connectivity index (χ0n) is 12.0. The van der Waals surface area contributed by atoms with Gasteiger partial charge in [0, 0.05) is 38.8 Å². The summed E-state index contributed by atoms with van der Waals surface area (Å²) in [6.07, 6.45) is 0. The minimum atomic E-state index is 0.0916. The molecule has 2 rings (SSSR count). The Labute approximate surface area is 110 Å². The van der Waals surface area contributed by atoms with E-state index in [2.05, 4.69) is 43.4 Å². The molecule has 2 aliphatic heterocycles. The first-order valence-corrected chi connectivity index (χ1v) is 6.84. The molecule has 2 saturated heterocycles. The van der Waals surface area contributed by atoms with E-state index in [1.165, 1.54) is 0 Å². The number of amides is 2. The molecule has 0 saturated carbocycles. The largest absolute Gasteiger partial charge is 0.333 e. The monoisotopic (exact) mass is 254 g/mol. The highest BCUT2D eigenvalue weighted by atomic mass is 16.2. The molecule has 2 fully saturated rings. The summed E-state index contributed by atoms with van der Waals surface area (Å²) in [6, 6.07) is 0.781. The third-order valence-electron chi connectivity index (χ3n) is 4.11. The number of piperazine rings is 1. The van der Waals surface area contributed by atoms with Crippen molar-refractivity contribution in [1.82, 2.24) is 20.4 Å². The van der Waals surface area contributed by atoms with Crippen molar-refractivity contribution in [3.63, 3.8) is 0 Å². The lowest BCUT2D eigenvalue weighted by Gasteiger charge is -2.35. The molecular formula is C13H26N4O. The molecule has 2 aliphatic rings. The van der Waals surface area contributed by atoms with Gasteiger partial charge in [-0.15, -0.1) is 0 Å². The van der Waals surface area contributed by atoms with Crippen LogP contribution in [0.2, 0.25) is 0 Å². The van der Waals surface area contributed by atoms with E-state index in [1.54, 1.807) is 0 Å². The molecule has 0 aromatic heterocycles. The molecule has 0 spiro atoms. The average Bonchev–Trinajstić information content (AvgIpc) is 2.63. The molecule has 0 aromatic carbocycles. The molecule has 2 unspecified atom stereocenters. The molecule has 2 N–H and O–H groups in total. The van der Waals surface area contributed by atoms with E-state index in [0.29, 0.717) is 6.04 Å². The smallest absolute Gasteiger partial charge is 0.317 e. The van der Waals surface area contributed by atoms with Gasteiger partial charge in [-0.1, -0.05) is 20.8 Å². The quantitative estimate of drug-likeness (QED) is 0.746. The van der Waals surface area contributed by atoms with Gasteiger partial charge in [0.15, 0.2) is 0 Å². The van der Waals surface area contributed by atoms with Crippen LogP contribution in [0.25, 0.3) is 0 Å². The Kier molecular flexibility index (Phi) is 3.82. The van der Waals surface area contributed by atoms with Crippen molar-refractivity contribution < 1.29 is 4.79 Å². The Hall–Kier alpha value is -0.810. The normalized spacial score (nSPS) is 30.7. The fourth-order valence-corrected chi connectivity index (χ4v) is 2.56. The third-order valence-corrected chi connectivity index (χ3v) is 4.11. The maximum absolute atomic E-state index is 12.0. The van der Waals surface area contributed by atoms with Gasteiger partial charge in [-0.25, -0.2) is 4.79 Å². The maximum atomic E-state index is 12.0. The number of carbonyl (C=O) groups excluding carboxylic acids is 1. The van der Waals surface area contributed by atoms with Crippen LogP contribution in [-0.2, 0) is 0 Å². The van der Waals surface area contributed by atoms with Gasteiger partial charge in [-0.2, -0.15) is 0 Å². The summed E-state index contributed by atoms with van der Waals surface area (Å²) < 4.78 is 0. The van der Waals surface area contributed by atoms with Gasteiger partial charge < -0.3 is 15.5 Å². The number of rotatable bonds is 2. The lowest BCUT2D eigenvalue weighted by Crippen LogP contribution is -2.54. The van der Waals surface area contributed by atoms with Crippen LogP contribution in [0.1, 0.15) is 20.8 Å². The van der Waals surface area contributed by atoms with Gasteiger partial charge in [-0.05, 0) is 12.5 Å². The van der Waals surface area contributed by atoms with Gasteiger partial charge in [-0.3, -0.25) is 4.90 Å². The predicted molar refractivity (Wildman–Crippen MR) is 72.6 cm³/mol. The third kappa shape index (κ3) is 2.95. The summed E-state index contributed by atoms with van der Waals surface area (Å²) in [6.45, 7) is 11.3. The van der Waals surface area contributed by atoms with Crippen molar-refractivity contribution in [3.05, 3.63) is 0 Å². The van der Waals surface area contributed by atoms with Gasteiger partial charge >= 0.3 is 6.03 Å². The zero-order valence-corrected chi connectivity index (χ0v) is 12.0. The maximum Gasteiger partial charge on any atom is 0.317 e. The second kappa shape index (κ2) is 5.05. The molecule has 5 nitrogen and oxygen atoms in total. The Morgan fingerprint density at radius 3 is 2.67 bits per heavy atom. The van der Waals surface area contributed by atoms with E-state index >= 15 is 0 Å². The van der Waals surface area contributed by atoms with Crippen molar-refractivity contribution in [3.8, 4) is 0 Å². The minimum Gasteiger partial charge on any atom is -0.333 e. The minimum absolute atomic E-state index is 0.0916. The fourth-order valence-electron chi connectivity index (χ4n) is 2.56. The standard InChI is InChI=1S/C13H26N4O/c1-13(2,3)11-9-17(12(18)15-11)8-10-7-14-5-6-16(10)4/h10-11,14H,5-9H2,1-4H3,(H,15,18). The molecule has 2 atom stereocenters. The molecule has 18 heavy (non-hydrogen) atoms. The van der Waals surface area contributed by atoms with E-state index in [0.717, 1.165) is 32.7 Å². The van der Waals surface area contributed by atoms with Crippen LogP contribution in [0.5, 0.6) is 0 Å². The Morgan fingerprint density at radius 1 is 1.39 bits per heavy atom. The number of carbonyl (C=O) groups is 1. The van der Waals surface area contributed by atoms with Crippen LogP contribution in [0, 0.1) is 5.41 Å². The Morgan fingerprint density at radius 2 is 2.11 bits per heavy atom. The number of urea groups is 1. The molecule has 104 valence electrons. The molecule has 2 amide bonds. The first-order valence-electron chi connectivity index (χ1n) is 6.84. The number of hydrogen-bond acceptors (Lipinski definition) is 3. The average molecular weight is 254 g/mol. The SMILES string of the molecule is CN1CCNCC1CN1CC(C(C)(C)C)NC1=O. The van der Waals surface area contributed by atoms with Crippen LogP contribution >= 0.6 is 0 Å². The van der Waals surface area contributed by atoms with E-state index in [4.69, 9.17) is 0 Å². The fraction of sp³-hybridized carbons (Fsp3) is 0.923. The predicted octanol–water partition coefficient (Wildman–Crippen LogP) is 0.330. The Bertz CT molecular complexity index is 313. The van der Waals surface area contributed by atoms with Crippen molar-refractivity contribution >= 4 is 6.03 Å². The van der Waals surface area contributed by atoms with E-state index in [9.17, 15) is 4.79 Å². The lowest BCUT2D eigenvalue weighted by molar-refractivity contribution is 0.152. The molecular weight excluding hydrogens is 228 g/mol. The summed E-state index contributed by atoms with van der Waals surface area (Å²) in [5.41, 5.74) is 0.126. The number of nitrogens with zero attached hydrogens (tertiary/aromatic N) is 2. The van der Waals surface area contributed by atoms with Crippen molar-refractivity contribution in [2.24, 2.45) is 5.41 Å². The number of nitrogens with one attached hydrogen (secondary N) is 2. The van der Waals surface area contributed by atoms with Crippen molar-refractivity contribution in [2.75, 3.05) is 39.8 Å². The first kappa shape index (κ1) is 13.6. The second-order valence-corrected chi connectivity index (χ2v) is 6.61. The van der Waals surface area contributed by atoms with Crippen LogP contribution in [0.3, 0.4) is 0 Å². The molecule has 5 heteroatoms. The first-order chi connectivity index (χ1) is 8.38.